The van der Waals surface area contributed by atoms with Crippen molar-refractivity contribution in [3.8, 4) is 0 Å². The number of carbonyl (C=O) groups is 1. The van der Waals surface area contributed by atoms with Crippen LogP contribution in [0.3, 0.4) is 0 Å². The van der Waals surface area contributed by atoms with Crippen LogP contribution in [-0.2, 0) is 0 Å². The summed E-state index contributed by atoms with van der Waals surface area (Å²) in [7, 11) is 0. The van der Waals surface area contributed by atoms with Crippen molar-refractivity contribution in [2.24, 2.45) is 4.99 Å². The fourth-order valence-electron chi connectivity index (χ4n) is 3.00. The first-order valence-corrected chi connectivity index (χ1v) is 8.11. The lowest BCUT2D eigenvalue weighted by molar-refractivity contribution is 0.103. The molecule has 0 bridgehead atoms. The number of hydrogen-bond donors (Lipinski definition) is 0. The summed E-state index contributed by atoms with van der Waals surface area (Å²) in [6.45, 7) is 7.34. The number of amidine groups is 1. The van der Waals surface area contributed by atoms with Crippen LogP contribution >= 0.6 is 12.4 Å². The fraction of sp³-hybridized carbons (Fsp3) is 0.300. The third kappa shape index (κ3) is 3.51. The van der Waals surface area contributed by atoms with Gasteiger partial charge in [0.25, 0.3) is 0 Å². The lowest BCUT2D eigenvalue weighted by atomic mass is 9.97. The van der Waals surface area contributed by atoms with Crippen molar-refractivity contribution in [1.29, 1.82) is 0 Å². The molecule has 0 N–H and O–H groups in total. The molecule has 0 saturated carbocycles. The van der Waals surface area contributed by atoms with Gasteiger partial charge in [-0.05, 0) is 20.8 Å². The Labute approximate surface area is 149 Å². The highest BCUT2D eigenvalue weighted by Gasteiger charge is 2.28. The van der Waals surface area contributed by atoms with Gasteiger partial charge in [-0.2, -0.15) is 0 Å². The highest BCUT2D eigenvalue weighted by Crippen LogP contribution is 2.22. The van der Waals surface area contributed by atoms with Crippen LogP contribution in [0.15, 0.2) is 59.6 Å². The number of nitrogens with zero attached hydrogens (tertiary/aromatic N) is 2. The van der Waals surface area contributed by atoms with Gasteiger partial charge in [0.15, 0.2) is 5.78 Å². The topological polar surface area (TPSA) is 32.7 Å². The minimum atomic E-state index is 0. The first-order chi connectivity index (χ1) is 11.1. The summed E-state index contributed by atoms with van der Waals surface area (Å²) in [4.78, 5) is 20.0. The molecule has 0 amide bonds. The van der Waals surface area contributed by atoms with E-state index in [0.717, 1.165) is 23.5 Å². The lowest BCUT2D eigenvalue weighted by Crippen LogP contribution is -2.36. The number of aliphatic imine (C=N–C) groups is 1. The molecule has 1 heterocycles. The molecule has 3 nitrogen and oxygen atoms in total. The van der Waals surface area contributed by atoms with E-state index in [-0.39, 0.29) is 24.2 Å². The molecule has 2 aromatic carbocycles. The van der Waals surface area contributed by atoms with Crippen molar-refractivity contribution in [2.45, 2.75) is 32.9 Å². The van der Waals surface area contributed by atoms with Crippen molar-refractivity contribution < 1.29 is 4.79 Å². The van der Waals surface area contributed by atoms with E-state index in [4.69, 9.17) is 4.99 Å². The lowest BCUT2D eigenvalue weighted by Gasteiger charge is -2.26. The fourth-order valence-corrected chi connectivity index (χ4v) is 3.00. The smallest absolute Gasteiger partial charge is 0.193 e. The van der Waals surface area contributed by atoms with E-state index in [1.165, 1.54) is 0 Å². The molecule has 0 fully saturated rings. The van der Waals surface area contributed by atoms with Crippen LogP contribution in [0, 0.1) is 0 Å². The van der Waals surface area contributed by atoms with E-state index in [0.29, 0.717) is 11.6 Å². The predicted molar refractivity (Wildman–Crippen MR) is 101 cm³/mol. The molecule has 2 aromatic rings. The van der Waals surface area contributed by atoms with Crippen molar-refractivity contribution in [3.63, 3.8) is 0 Å². The van der Waals surface area contributed by atoms with Gasteiger partial charge in [0, 0.05) is 29.3 Å². The van der Waals surface area contributed by atoms with Gasteiger partial charge in [0.2, 0.25) is 0 Å². The van der Waals surface area contributed by atoms with Crippen LogP contribution in [0.1, 0.15) is 42.3 Å². The maximum Gasteiger partial charge on any atom is 0.193 e. The van der Waals surface area contributed by atoms with Gasteiger partial charge in [0.1, 0.15) is 5.84 Å². The minimum absolute atomic E-state index is 0. The Kier molecular flexibility index (Phi) is 5.79. The van der Waals surface area contributed by atoms with Crippen LogP contribution in [0.5, 0.6) is 0 Å². The predicted octanol–water partition coefficient (Wildman–Crippen LogP) is 4.20. The zero-order valence-corrected chi connectivity index (χ0v) is 15.1. The Morgan fingerprint density at radius 2 is 1.71 bits per heavy atom. The molecule has 4 heteroatoms. The Hall–Kier alpha value is -2.13. The minimum Gasteiger partial charge on any atom is -0.352 e. The number of benzene rings is 2. The molecule has 1 unspecified atom stereocenters. The normalized spacial score (nSPS) is 16.8. The van der Waals surface area contributed by atoms with Crippen LogP contribution < -0.4 is 0 Å². The van der Waals surface area contributed by atoms with Gasteiger partial charge >= 0.3 is 0 Å². The quantitative estimate of drug-likeness (QED) is 0.780. The molecule has 126 valence electrons. The zero-order chi connectivity index (χ0) is 16.4. The summed E-state index contributed by atoms with van der Waals surface area (Å²) < 4.78 is 0. The van der Waals surface area contributed by atoms with E-state index < -0.39 is 0 Å². The van der Waals surface area contributed by atoms with Crippen molar-refractivity contribution in [3.05, 3.63) is 71.3 Å². The van der Waals surface area contributed by atoms with Gasteiger partial charge in [0.05, 0.1) is 6.04 Å². The van der Waals surface area contributed by atoms with Crippen LogP contribution in [0.2, 0.25) is 0 Å². The average molecular weight is 343 g/mol. The van der Waals surface area contributed by atoms with Gasteiger partial charge in [-0.3, -0.25) is 9.79 Å². The van der Waals surface area contributed by atoms with Crippen molar-refractivity contribution >= 4 is 24.0 Å². The first kappa shape index (κ1) is 18.2. The number of hydrogen-bond acceptors (Lipinski definition) is 3. The Morgan fingerprint density at radius 1 is 1.08 bits per heavy atom. The SMILES string of the molecule is CC1CN(C(C)C)C(c2ccccc2C(=O)c2ccccc2)=N1.Cl. The van der Waals surface area contributed by atoms with Gasteiger partial charge in [-0.25, -0.2) is 0 Å². The summed E-state index contributed by atoms with van der Waals surface area (Å²) >= 11 is 0. The Balaban J connectivity index is 0.00000208. The van der Waals surface area contributed by atoms with Gasteiger partial charge < -0.3 is 4.90 Å². The standard InChI is InChI=1S/C20H22N2O.ClH/c1-14(2)22-13-15(3)21-20(22)18-12-8-7-11-17(18)19(23)16-9-5-4-6-10-16;/h4-12,14-15H,13H2,1-3H3;1H. The molecule has 0 aliphatic carbocycles. The maximum absolute atomic E-state index is 12.9. The van der Waals surface area contributed by atoms with Crippen LogP contribution in [0.25, 0.3) is 0 Å². The van der Waals surface area contributed by atoms with Gasteiger partial charge in [-0.1, -0.05) is 54.6 Å². The molecular weight excluding hydrogens is 320 g/mol. The molecule has 1 aliphatic rings. The summed E-state index contributed by atoms with van der Waals surface area (Å²) in [5.41, 5.74) is 2.36. The zero-order valence-electron chi connectivity index (χ0n) is 14.3. The Morgan fingerprint density at radius 3 is 2.38 bits per heavy atom. The molecule has 24 heavy (non-hydrogen) atoms. The van der Waals surface area contributed by atoms with Crippen LogP contribution in [0.4, 0.5) is 0 Å². The molecule has 0 radical (unpaired) electrons. The number of rotatable bonds is 4. The van der Waals surface area contributed by atoms with E-state index in [9.17, 15) is 4.79 Å². The third-order valence-corrected chi connectivity index (χ3v) is 4.15. The number of ketones is 1. The highest BCUT2D eigenvalue weighted by molar-refractivity contribution is 6.16. The van der Waals surface area contributed by atoms with Gasteiger partial charge in [-0.15, -0.1) is 12.4 Å². The molecule has 0 saturated heterocycles. The second-order valence-corrected chi connectivity index (χ2v) is 6.29. The average Bonchev–Trinajstić information content (AvgIpc) is 2.97. The van der Waals surface area contributed by atoms with E-state index in [2.05, 4.69) is 25.7 Å². The molecule has 1 aliphatic heterocycles. The van der Waals surface area contributed by atoms with Crippen LogP contribution in [-0.4, -0.2) is 35.1 Å². The first-order valence-electron chi connectivity index (χ1n) is 8.11. The van der Waals surface area contributed by atoms with Crippen molar-refractivity contribution in [1.82, 2.24) is 4.90 Å². The van der Waals surface area contributed by atoms with Crippen molar-refractivity contribution in [2.75, 3.05) is 6.54 Å². The monoisotopic (exact) mass is 342 g/mol. The molecular formula is C20H23ClN2O. The molecule has 1 atom stereocenters. The number of halogens is 1. The summed E-state index contributed by atoms with van der Waals surface area (Å²) in [6, 6.07) is 17.8. The second kappa shape index (κ2) is 7.63. The van der Waals surface area contributed by atoms with E-state index >= 15 is 0 Å². The summed E-state index contributed by atoms with van der Waals surface area (Å²) in [5, 5.41) is 0. The second-order valence-electron chi connectivity index (χ2n) is 6.29. The molecule has 0 spiro atoms. The molecule has 0 aromatic heterocycles. The third-order valence-electron chi connectivity index (χ3n) is 4.15. The molecule has 3 rings (SSSR count). The van der Waals surface area contributed by atoms with E-state index in [1.54, 1.807) is 0 Å². The number of carbonyl (C=O) groups excluding carboxylic acids is 1. The summed E-state index contributed by atoms with van der Waals surface area (Å²) in [6.07, 6.45) is 0. The summed E-state index contributed by atoms with van der Waals surface area (Å²) in [5.74, 6) is 0.986. The Bertz CT molecular complexity index is 740. The maximum atomic E-state index is 12.9. The highest BCUT2D eigenvalue weighted by atomic mass is 35.5. The largest absolute Gasteiger partial charge is 0.352 e. The van der Waals surface area contributed by atoms with E-state index in [1.807, 2.05) is 54.6 Å².